The van der Waals surface area contributed by atoms with Crippen molar-refractivity contribution in [2.45, 2.75) is 13.5 Å². The SMILES string of the molecule is CNc1cncc(C(=O)NCc2ccncc2C)n1. The minimum Gasteiger partial charge on any atom is -0.372 e. The van der Waals surface area contributed by atoms with E-state index in [1.54, 1.807) is 25.6 Å². The van der Waals surface area contributed by atoms with Gasteiger partial charge in [0.15, 0.2) is 0 Å². The summed E-state index contributed by atoms with van der Waals surface area (Å²) in [6.07, 6.45) is 6.47. The number of aromatic nitrogens is 3. The second-order valence-electron chi connectivity index (χ2n) is 4.02. The van der Waals surface area contributed by atoms with Crippen LogP contribution in [-0.4, -0.2) is 27.9 Å². The second kappa shape index (κ2) is 5.90. The molecule has 0 saturated carbocycles. The molecule has 2 heterocycles. The van der Waals surface area contributed by atoms with Crippen molar-refractivity contribution in [1.29, 1.82) is 0 Å². The molecule has 0 unspecified atom stereocenters. The van der Waals surface area contributed by atoms with Gasteiger partial charge in [-0.1, -0.05) is 0 Å². The summed E-state index contributed by atoms with van der Waals surface area (Å²) in [6.45, 7) is 2.40. The minimum atomic E-state index is -0.249. The van der Waals surface area contributed by atoms with E-state index in [1.807, 2.05) is 13.0 Å². The standard InChI is InChI=1S/C13H15N5O/c1-9-5-15-4-3-10(9)6-17-13(19)11-7-16-8-12(14-2)18-11/h3-5,7-8H,6H2,1-2H3,(H,14,18)(H,17,19). The van der Waals surface area contributed by atoms with Crippen molar-refractivity contribution in [1.82, 2.24) is 20.3 Å². The molecule has 1 amide bonds. The van der Waals surface area contributed by atoms with Gasteiger partial charge < -0.3 is 10.6 Å². The summed E-state index contributed by atoms with van der Waals surface area (Å²) < 4.78 is 0. The van der Waals surface area contributed by atoms with Gasteiger partial charge in [-0.15, -0.1) is 0 Å². The highest BCUT2D eigenvalue weighted by Gasteiger charge is 2.08. The van der Waals surface area contributed by atoms with E-state index in [9.17, 15) is 4.79 Å². The largest absolute Gasteiger partial charge is 0.372 e. The lowest BCUT2D eigenvalue weighted by molar-refractivity contribution is 0.0945. The van der Waals surface area contributed by atoms with Gasteiger partial charge in [-0.3, -0.25) is 14.8 Å². The number of carbonyl (C=O) groups excluding carboxylic acids is 1. The molecule has 0 fully saturated rings. The first kappa shape index (κ1) is 12.9. The number of hydrogen-bond donors (Lipinski definition) is 2. The maximum absolute atomic E-state index is 11.9. The molecule has 0 aliphatic carbocycles. The summed E-state index contributed by atoms with van der Waals surface area (Å²) in [5.41, 5.74) is 2.36. The fourth-order valence-corrected chi connectivity index (χ4v) is 1.56. The fourth-order valence-electron chi connectivity index (χ4n) is 1.56. The zero-order valence-corrected chi connectivity index (χ0v) is 10.8. The van der Waals surface area contributed by atoms with Crippen LogP contribution >= 0.6 is 0 Å². The monoisotopic (exact) mass is 257 g/mol. The molecule has 6 heteroatoms. The van der Waals surface area contributed by atoms with E-state index in [4.69, 9.17) is 0 Å². The highest BCUT2D eigenvalue weighted by atomic mass is 16.1. The summed E-state index contributed by atoms with van der Waals surface area (Å²) in [6, 6.07) is 1.88. The smallest absolute Gasteiger partial charge is 0.271 e. The summed E-state index contributed by atoms with van der Waals surface area (Å²) >= 11 is 0. The normalized spacial score (nSPS) is 10.0. The van der Waals surface area contributed by atoms with Crippen LogP contribution in [0.3, 0.4) is 0 Å². The Morgan fingerprint density at radius 1 is 1.26 bits per heavy atom. The molecular formula is C13H15N5O. The third-order valence-corrected chi connectivity index (χ3v) is 2.70. The molecule has 0 spiro atoms. The number of carbonyl (C=O) groups is 1. The Hall–Kier alpha value is -2.50. The number of nitrogens with one attached hydrogen (secondary N) is 2. The van der Waals surface area contributed by atoms with Gasteiger partial charge >= 0.3 is 0 Å². The first-order valence-corrected chi connectivity index (χ1v) is 5.88. The van der Waals surface area contributed by atoms with Crippen LogP contribution < -0.4 is 10.6 Å². The molecule has 0 bridgehead atoms. The Morgan fingerprint density at radius 3 is 2.84 bits per heavy atom. The summed E-state index contributed by atoms with van der Waals surface area (Å²) in [5.74, 6) is 0.313. The van der Waals surface area contributed by atoms with Crippen molar-refractivity contribution in [3.8, 4) is 0 Å². The average Bonchev–Trinajstić information content (AvgIpc) is 2.46. The van der Waals surface area contributed by atoms with Crippen LogP contribution in [0.15, 0.2) is 30.9 Å². The fraction of sp³-hybridized carbons (Fsp3) is 0.231. The number of amides is 1. The molecule has 2 aromatic heterocycles. The Labute approximate surface area is 111 Å². The molecule has 98 valence electrons. The maximum Gasteiger partial charge on any atom is 0.271 e. The molecule has 0 aromatic carbocycles. The molecular weight excluding hydrogens is 242 g/mol. The number of hydrogen-bond acceptors (Lipinski definition) is 5. The number of rotatable bonds is 4. The van der Waals surface area contributed by atoms with Crippen molar-refractivity contribution in [2.75, 3.05) is 12.4 Å². The highest BCUT2D eigenvalue weighted by Crippen LogP contribution is 2.05. The van der Waals surface area contributed by atoms with E-state index in [0.717, 1.165) is 11.1 Å². The first-order valence-electron chi connectivity index (χ1n) is 5.88. The van der Waals surface area contributed by atoms with Gasteiger partial charge in [0, 0.05) is 26.0 Å². The summed E-state index contributed by atoms with van der Waals surface area (Å²) in [4.78, 5) is 24.0. The van der Waals surface area contributed by atoms with Crippen LogP contribution in [0.25, 0.3) is 0 Å². The van der Waals surface area contributed by atoms with Gasteiger partial charge in [0.05, 0.1) is 12.4 Å². The van der Waals surface area contributed by atoms with Gasteiger partial charge in [0.25, 0.3) is 5.91 Å². The predicted molar refractivity (Wildman–Crippen MR) is 71.7 cm³/mol. The molecule has 19 heavy (non-hydrogen) atoms. The van der Waals surface area contributed by atoms with Gasteiger partial charge in [-0.05, 0) is 24.1 Å². The zero-order chi connectivity index (χ0) is 13.7. The van der Waals surface area contributed by atoms with Crippen LogP contribution in [0.1, 0.15) is 21.6 Å². The molecule has 0 aliphatic heterocycles. The topological polar surface area (TPSA) is 79.8 Å². The molecule has 2 rings (SSSR count). The van der Waals surface area contributed by atoms with Gasteiger partial charge in [0.2, 0.25) is 0 Å². The van der Waals surface area contributed by atoms with Crippen molar-refractivity contribution in [3.63, 3.8) is 0 Å². The predicted octanol–water partition coefficient (Wildman–Crippen LogP) is 1.15. The molecule has 2 aromatic rings. The Balaban J connectivity index is 2.03. The van der Waals surface area contributed by atoms with Crippen LogP contribution in [0, 0.1) is 6.92 Å². The lowest BCUT2D eigenvalue weighted by Crippen LogP contribution is -2.24. The van der Waals surface area contributed by atoms with Crippen LogP contribution in [0.2, 0.25) is 0 Å². The molecule has 0 radical (unpaired) electrons. The van der Waals surface area contributed by atoms with Crippen LogP contribution in [0.4, 0.5) is 5.82 Å². The van der Waals surface area contributed by atoms with Crippen molar-refractivity contribution < 1.29 is 4.79 Å². The van der Waals surface area contributed by atoms with Crippen molar-refractivity contribution in [3.05, 3.63) is 47.7 Å². The van der Waals surface area contributed by atoms with E-state index < -0.39 is 0 Å². The Bertz CT molecular complexity index is 585. The van der Waals surface area contributed by atoms with Crippen LogP contribution in [0.5, 0.6) is 0 Å². The highest BCUT2D eigenvalue weighted by molar-refractivity contribution is 5.92. The summed E-state index contributed by atoms with van der Waals surface area (Å²) in [5, 5.41) is 5.65. The number of aryl methyl sites for hydroxylation is 1. The summed E-state index contributed by atoms with van der Waals surface area (Å²) in [7, 11) is 1.73. The lowest BCUT2D eigenvalue weighted by atomic mass is 10.1. The van der Waals surface area contributed by atoms with E-state index in [2.05, 4.69) is 25.6 Å². The number of anilines is 1. The third kappa shape index (κ3) is 3.25. The lowest BCUT2D eigenvalue weighted by Gasteiger charge is -2.07. The van der Waals surface area contributed by atoms with E-state index in [-0.39, 0.29) is 5.91 Å². The van der Waals surface area contributed by atoms with Crippen LogP contribution in [-0.2, 0) is 6.54 Å². The Morgan fingerprint density at radius 2 is 2.11 bits per heavy atom. The van der Waals surface area contributed by atoms with E-state index >= 15 is 0 Å². The molecule has 2 N–H and O–H groups in total. The quantitative estimate of drug-likeness (QED) is 0.859. The second-order valence-corrected chi connectivity index (χ2v) is 4.02. The molecule has 0 atom stereocenters. The molecule has 0 aliphatic rings. The zero-order valence-electron chi connectivity index (χ0n) is 10.8. The molecule has 6 nitrogen and oxygen atoms in total. The molecule has 0 saturated heterocycles. The van der Waals surface area contributed by atoms with Gasteiger partial charge in [-0.25, -0.2) is 4.98 Å². The Kier molecular flexibility index (Phi) is 4.02. The van der Waals surface area contributed by atoms with E-state index in [0.29, 0.717) is 18.1 Å². The van der Waals surface area contributed by atoms with Crippen molar-refractivity contribution >= 4 is 11.7 Å². The first-order chi connectivity index (χ1) is 9.20. The van der Waals surface area contributed by atoms with Crippen molar-refractivity contribution in [2.24, 2.45) is 0 Å². The maximum atomic E-state index is 11.9. The minimum absolute atomic E-state index is 0.249. The van der Waals surface area contributed by atoms with E-state index in [1.165, 1.54) is 6.20 Å². The van der Waals surface area contributed by atoms with Gasteiger partial charge in [0.1, 0.15) is 11.5 Å². The number of pyridine rings is 1. The number of nitrogens with zero attached hydrogens (tertiary/aromatic N) is 3. The average molecular weight is 257 g/mol. The third-order valence-electron chi connectivity index (χ3n) is 2.70. The van der Waals surface area contributed by atoms with Gasteiger partial charge in [-0.2, -0.15) is 0 Å².